The molecular formula is C20H18ClNO2S2. The van der Waals surface area contributed by atoms with Crippen LogP contribution in [0.4, 0.5) is 5.69 Å². The van der Waals surface area contributed by atoms with Gasteiger partial charge in [-0.2, -0.15) is 0 Å². The first-order valence-corrected chi connectivity index (χ1v) is 9.89. The average Bonchev–Trinajstić information content (AvgIpc) is 2.90. The van der Waals surface area contributed by atoms with Crippen LogP contribution in [-0.2, 0) is 4.79 Å². The summed E-state index contributed by atoms with van der Waals surface area (Å²) >= 11 is 12.7. The van der Waals surface area contributed by atoms with Crippen LogP contribution in [-0.4, -0.2) is 16.3 Å². The van der Waals surface area contributed by atoms with E-state index in [-0.39, 0.29) is 12.0 Å². The maximum absolute atomic E-state index is 12.9. The zero-order valence-electron chi connectivity index (χ0n) is 14.4. The van der Waals surface area contributed by atoms with Gasteiger partial charge in [-0.3, -0.25) is 9.69 Å². The third-order valence-electron chi connectivity index (χ3n) is 3.97. The van der Waals surface area contributed by atoms with Crippen LogP contribution < -0.4 is 9.64 Å². The minimum Gasteiger partial charge on any atom is -0.490 e. The highest BCUT2D eigenvalue weighted by Gasteiger charge is 2.33. The van der Waals surface area contributed by atoms with Crippen molar-refractivity contribution in [3.63, 3.8) is 0 Å². The van der Waals surface area contributed by atoms with E-state index in [9.17, 15) is 4.79 Å². The predicted molar refractivity (Wildman–Crippen MR) is 114 cm³/mol. The first-order valence-electron chi connectivity index (χ1n) is 8.28. The second kappa shape index (κ2) is 8.25. The van der Waals surface area contributed by atoms with Crippen molar-refractivity contribution in [2.75, 3.05) is 4.90 Å². The molecular weight excluding hydrogens is 386 g/mol. The Hall–Kier alpha value is -1.82. The number of amides is 1. The molecule has 1 fully saturated rings. The molecule has 0 bridgehead atoms. The van der Waals surface area contributed by atoms with E-state index >= 15 is 0 Å². The Labute approximate surface area is 168 Å². The summed E-state index contributed by atoms with van der Waals surface area (Å²) in [4.78, 5) is 15.0. The molecule has 134 valence electrons. The number of rotatable bonds is 5. The lowest BCUT2D eigenvalue weighted by Gasteiger charge is -2.15. The summed E-state index contributed by atoms with van der Waals surface area (Å²) in [6.45, 7) is 4.10. The van der Waals surface area contributed by atoms with Gasteiger partial charge in [0.2, 0.25) is 0 Å². The lowest BCUT2D eigenvalue weighted by atomic mass is 10.1. The number of benzene rings is 2. The molecule has 2 aromatic carbocycles. The van der Waals surface area contributed by atoms with Crippen LogP contribution in [0.3, 0.4) is 0 Å². The first kappa shape index (κ1) is 19.0. The molecule has 0 radical (unpaired) electrons. The Balaban J connectivity index is 1.92. The van der Waals surface area contributed by atoms with Crippen LogP contribution in [0.25, 0.3) is 6.08 Å². The number of thioether (sulfide) groups is 1. The molecule has 3 rings (SSSR count). The fourth-order valence-electron chi connectivity index (χ4n) is 2.45. The molecule has 0 unspecified atom stereocenters. The van der Waals surface area contributed by atoms with Crippen LogP contribution in [0.1, 0.15) is 25.8 Å². The smallest absolute Gasteiger partial charge is 0.270 e. The Morgan fingerprint density at radius 3 is 2.77 bits per heavy atom. The van der Waals surface area contributed by atoms with Gasteiger partial charge in [-0.25, -0.2) is 0 Å². The fourth-order valence-corrected chi connectivity index (χ4v) is 3.93. The van der Waals surface area contributed by atoms with Gasteiger partial charge >= 0.3 is 0 Å². The summed E-state index contributed by atoms with van der Waals surface area (Å²) in [5.41, 5.74) is 1.53. The molecule has 0 aliphatic carbocycles. The summed E-state index contributed by atoms with van der Waals surface area (Å²) < 4.78 is 6.45. The Bertz CT molecular complexity index is 882. The number of anilines is 1. The Morgan fingerprint density at radius 1 is 1.27 bits per heavy atom. The van der Waals surface area contributed by atoms with Gasteiger partial charge in [-0.15, -0.1) is 0 Å². The molecule has 3 nitrogen and oxygen atoms in total. The normalized spacial score (nSPS) is 17.0. The van der Waals surface area contributed by atoms with Crippen molar-refractivity contribution in [1.29, 1.82) is 0 Å². The van der Waals surface area contributed by atoms with Crippen LogP contribution >= 0.6 is 35.6 Å². The molecule has 1 saturated heterocycles. The number of thiocarbonyl (C=S) groups is 1. The van der Waals surface area contributed by atoms with Crippen molar-refractivity contribution in [1.82, 2.24) is 0 Å². The molecule has 0 aromatic heterocycles. The number of halogens is 1. The standard InChI is InChI=1S/C20H18ClNO2S2/c1-3-13(2)24-17-10-5-4-7-14(17)11-18-19(23)22(20(25)26-18)16-9-6-8-15(21)12-16/h4-13H,3H2,1-2H3/b18-11-/t13-/m0/s1. The van der Waals surface area contributed by atoms with E-state index in [1.54, 1.807) is 18.2 Å². The van der Waals surface area contributed by atoms with Crippen LogP contribution in [0.2, 0.25) is 5.02 Å². The van der Waals surface area contributed by atoms with Gasteiger partial charge in [-0.05, 0) is 43.7 Å². The molecule has 6 heteroatoms. The molecule has 1 aliphatic heterocycles. The lowest BCUT2D eigenvalue weighted by molar-refractivity contribution is -0.113. The van der Waals surface area contributed by atoms with E-state index in [0.717, 1.165) is 17.7 Å². The molecule has 1 amide bonds. The number of carbonyl (C=O) groups is 1. The number of hydrogen-bond donors (Lipinski definition) is 0. The van der Waals surface area contributed by atoms with E-state index in [4.69, 9.17) is 28.6 Å². The zero-order valence-corrected chi connectivity index (χ0v) is 16.8. The third-order valence-corrected chi connectivity index (χ3v) is 5.51. The van der Waals surface area contributed by atoms with Crippen LogP contribution in [0, 0.1) is 0 Å². The minimum atomic E-state index is -0.152. The van der Waals surface area contributed by atoms with Gasteiger partial charge in [0.15, 0.2) is 4.32 Å². The van der Waals surface area contributed by atoms with E-state index < -0.39 is 0 Å². The second-order valence-corrected chi connectivity index (χ2v) is 7.98. The van der Waals surface area contributed by atoms with Gasteiger partial charge in [0.1, 0.15) is 5.75 Å². The topological polar surface area (TPSA) is 29.5 Å². The van der Waals surface area contributed by atoms with Gasteiger partial charge < -0.3 is 4.74 Å². The number of para-hydroxylation sites is 1. The molecule has 1 heterocycles. The highest BCUT2D eigenvalue weighted by molar-refractivity contribution is 8.27. The quantitative estimate of drug-likeness (QED) is 0.457. The van der Waals surface area contributed by atoms with E-state index in [0.29, 0.717) is 19.9 Å². The molecule has 0 N–H and O–H groups in total. The SMILES string of the molecule is CC[C@H](C)Oc1ccccc1/C=C1\SC(=S)N(c2cccc(Cl)c2)C1=O. The van der Waals surface area contributed by atoms with E-state index in [1.807, 2.05) is 43.3 Å². The second-order valence-electron chi connectivity index (χ2n) is 5.87. The number of nitrogens with zero attached hydrogens (tertiary/aromatic N) is 1. The highest BCUT2D eigenvalue weighted by atomic mass is 35.5. The molecule has 26 heavy (non-hydrogen) atoms. The van der Waals surface area contributed by atoms with Crippen molar-refractivity contribution in [3.8, 4) is 5.75 Å². The van der Waals surface area contributed by atoms with Gasteiger partial charge in [-0.1, -0.05) is 66.8 Å². The molecule has 2 aromatic rings. The largest absolute Gasteiger partial charge is 0.490 e. The molecule has 1 aliphatic rings. The van der Waals surface area contributed by atoms with Gasteiger partial charge in [0.25, 0.3) is 5.91 Å². The Kier molecular flexibility index (Phi) is 6.01. The third kappa shape index (κ3) is 4.11. The molecule has 1 atom stereocenters. The van der Waals surface area contributed by atoms with E-state index in [2.05, 4.69) is 6.92 Å². The van der Waals surface area contributed by atoms with Crippen LogP contribution in [0.15, 0.2) is 53.4 Å². The summed E-state index contributed by atoms with van der Waals surface area (Å²) in [6, 6.07) is 14.8. The monoisotopic (exact) mass is 403 g/mol. The van der Waals surface area contributed by atoms with Crippen molar-refractivity contribution in [2.24, 2.45) is 0 Å². The first-order chi connectivity index (χ1) is 12.5. The van der Waals surface area contributed by atoms with Crippen molar-refractivity contribution in [2.45, 2.75) is 26.4 Å². The fraction of sp³-hybridized carbons (Fsp3) is 0.200. The molecule has 0 saturated carbocycles. The number of hydrogen-bond acceptors (Lipinski definition) is 4. The Morgan fingerprint density at radius 2 is 2.04 bits per heavy atom. The van der Waals surface area contributed by atoms with Gasteiger partial charge in [0.05, 0.1) is 16.7 Å². The minimum absolute atomic E-state index is 0.102. The van der Waals surface area contributed by atoms with Crippen molar-refractivity contribution >= 4 is 57.6 Å². The summed E-state index contributed by atoms with van der Waals surface area (Å²) in [5, 5.41) is 0.563. The zero-order chi connectivity index (χ0) is 18.7. The van der Waals surface area contributed by atoms with Crippen LogP contribution in [0.5, 0.6) is 5.75 Å². The van der Waals surface area contributed by atoms with Crippen molar-refractivity contribution < 1.29 is 9.53 Å². The van der Waals surface area contributed by atoms with E-state index in [1.165, 1.54) is 16.7 Å². The summed E-state index contributed by atoms with van der Waals surface area (Å²) in [5.74, 6) is 0.607. The van der Waals surface area contributed by atoms with Crippen molar-refractivity contribution in [3.05, 3.63) is 64.0 Å². The maximum Gasteiger partial charge on any atom is 0.270 e. The van der Waals surface area contributed by atoms with Gasteiger partial charge in [0, 0.05) is 10.6 Å². The average molecular weight is 404 g/mol. The highest BCUT2D eigenvalue weighted by Crippen LogP contribution is 2.37. The maximum atomic E-state index is 12.9. The summed E-state index contributed by atoms with van der Waals surface area (Å²) in [7, 11) is 0. The lowest BCUT2D eigenvalue weighted by Crippen LogP contribution is -2.27. The molecule has 0 spiro atoms. The predicted octanol–water partition coefficient (Wildman–Crippen LogP) is 5.92. The summed E-state index contributed by atoms with van der Waals surface area (Å²) in [6.07, 6.45) is 2.85. The number of carbonyl (C=O) groups excluding carboxylic acids is 1. The number of ether oxygens (including phenoxy) is 1.